The second kappa shape index (κ2) is 12.0. The van der Waals surface area contributed by atoms with Crippen LogP contribution >= 0.6 is 0 Å². The lowest BCUT2D eigenvalue weighted by Gasteiger charge is -2.23. The van der Waals surface area contributed by atoms with Gasteiger partial charge in [0.25, 0.3) is 0 Å². The van der Waals surface area contributed by atoms with E-state index in [4.69, 9.17) is 4.84 Å². The topological polar surface area (TPSA) is 109 Å². The van der Waals surface area contributed by atoms with Gasteiger partial charge in [-0.3, -0.25) is 9.52 Å². The maximum absolute atomic E-state index is 13.0. The number of hydrogen-bond donors (Lipinski definition) is 3. The second-order valence-electron chi connectivity index (χ2n) is 9.75. The van der Waals surface area contributed by atoms with Crippen molar-refractivity contribution in [1.29, 1.82) is 0 Å². The lowest BCUT2D eigenvalue weighted by molar-refractivity contribution is -0.0829. The molecule has 10 nitrogen and oxygen atoms in total. The average Bonchev–Trinajstić information content (AvgIpc) is 3.69. The van der Waals surface area contributed by atoms with Crippen molar-refractivity contribution >= 4 is 23.4 Å². The second-order valence-corrected chi connectivity index (χ2v) is 9.75. The molecule has 202 valence electrons. The third kappa shape index (κ3) is 6.12. The Labute approximate surface area is 232 Å². The molecule has 0 spiro atoms. The van der Waals surface area contributed by atoms with Crippen molar-refractivity contribution in [2.24, 2.45) is 0 Å². The van der Waals surface area contributed by atoms with Crippen molar-refractivity contribution in [1.82, 2.24) is 30.1 Å². The number of piperidine rings is 1. The third-order valence-electron chi connectivity index (χ3n) is 6.95. The van der Waals surface area contributed by atoms with Crippen molar-refractivity contribution in [2.75, 3.05) is 30.3 Å². The number of hydroxylamine groups is 2. The standard InChI is InChI=1S/C30H30N8O2/c39-30(38-28(13-16-40-38)24-6-2-1-3-7-24)36-25-8-4-5-22(17-25)9-10-23-18-32-29(33-19-23)35-26-20-34-37(21-26)27-11-14-31-15-12-27/h1-8,17-21,27-28,31H,11-16H2,(H,36,39)(H,32,33,35)/t28-/m0/s1. The first-order valence-electron chi connectivity index (χ1n) is 13.5. The summed E-state index contributed by atoms with van der Waals surface area (Å²) in [6.45, 7) is 2.53. The van der Waals surface area contributed by atoms with Gasteiger partial charge in [-0.25, -0.2) is 14.8 Å². The largest absolute Gasteiger partial charge is 0.346 e. The summed E-state index contributed by atoms with van der Waals surface area (Å²) in [5, 5.41) is 15.4. The van der Waals surface area contributed by atoms with E-state index in [-0.39, 0.29) is 12.1 Å². The zero-order valence-corrected chi connectivity index (χ0v) is 22.0. The third-order valence-corrected chi connectivity index (χ3v) is 6.95. The highest BCUT2D eigenvalue weighted by atomic mass is 16.7. The molecule has 2 amide bonds. The van der Waals surface area contributed by atoms with Crippen LogP contribution in [0.1, 0.15) is 48.0 Å². The van der Waals surface area contributed by atoms with Gasteiger partial charge in [0.1, 0.15) is 0 Å². The number of hydrogen-bond acceptors (Lipinski definition) is 7. The van der Waals surface area contributed by atoms with Gasteiger partial charge in [0.15, 0.2) is 0 Å². The molecule has 2 aliphatic rings. The zero-order valence-electron chi connectivity index (χ0n) is 22.0. The molecule has 10 heteroatoms. The molecule has 0 unspecified atom stereocenters. The highest BCUT2D eigenvalue weighted by Crippen LogP contribution is 2.30. The molecule has 2 aromatic carbocycles. The zero-order chi connectivity index (χ0) is 27.1. The van der Waals surface area contributed by atoms with Crippen LogP contribution in [0.4, 0.5) is 22.1 Å². The van der Waals surface area contributed by atoms with Crippen LogP contribution in [0.5, 0.6) is 0 Å². The molecule has 1 atom stereocenters. The van der Waals surface area contributed by atoms with Crippen LogP contribution < -0.4 is 16.0 Å². The van der Waals surface area contributed by atoms with Crippen LogP contribution in [0, 0.1) is 11.8 Å². The summed E-state index contributed by atoms with van der Waals surface area (Å²) in [5.74, 6) is 6.70. The van der Waals surface area contributed by atoms with E-state index < -0.39 is 0 Å². The van der Waals surface area contributed by atoms with Crippen molar-refractivity contribution < 1.29 is 9.63 Å². The Morgan fingerprint density at radius 1 is 0.925 bits per heavy atom. The van der Waals surface area contributed by atoms with Crippen LogP contribution in [0.25, 0.3) is 0 Å². The lowest BCUT2D eigenvalue weighted by atomic mass is 10.1. The summed E-state index contributed by atoms with van der Waals surface area (Å²) in [6.07, 6.45) is 10.0. The first-order chi connectivity index (χ1) is 19.7. The molecule has 2 fully saturated rings. The lowest BCUT2D eigenvalue weighted by Crippen LogP contribution is -2.33. The van der Waals surface area contributed by atoms with E-state index in [9.17, 15) is 4.79 Å². The van der Waals surface area contributed by atoms with Crippen LogP contribution in [0.15, 0.2) is 79.4 Å². The normalized spacial score (nSPS) is 17.2. The van der Waals surface area contributed by atoms with E-state index in [2.05, 4.69) is 42.9 Å². The van der Waals surface area contributed by atoms with E-state index in [1.54, 1.807) is 18.6 Å². The first-order valence-corrected chi connectivity index (χ1v) is 13.5. The average molecular weight is 535 g/mol. The molecule has 0 radical (unpaired) electrons. The predicted molar refractivity (Wildman–Crippen MR) is 152 cm³/mol. The van der Waals surface area contributed by atoms with Crippen LogP contribution in [-0.2, 0) is 4.84 Å². The summed E-state index contributed by atoms with van der Waals surface area (Å²) in [4.78, 5) is 27.4. The molecule has 2 aromatic heterocycles. The Bertz CT molecular complexity index is 1500. The van der Waals surface area contributed by atoms with Crippen molar-refractivity contribution in [3.05, 3.63) is 96.1 Å². The van der Waals surface area contributed by atoms with E-state index in [0.717, 1.165) is 49.2 Å². The fraction of sp³-hybridized carbons (Fsp3) is 0.267. The summed E-state index contributed by atoms with van der Waals surface area (Å²) < 4.78 is 2.01. The fourth-order valence-corrected chi connectivity index (χ4v) is 4.90. The highest BCUT2D eigenvalue weighted by molar-refractivity contribution is 5.89. The molecule has 6 rings (SSSR count). The predicted octanol–water partition coefficient (Wildman–Crippen LogP) is 4.65. The van der Waals surface area contributed by atoms with Gasteiger partial charge in [0.05, 0.1) is 36.1 Å². The van der Waals surface area contributed by atoms with E-state index >= 15 is 0 Å². The number of nitrogens with zero attached hydrogens (tertiary/aromatic N) is 5. The van der Waals surface area contributed by atoms with E-state index in [1.807, 2.05) is 65.5 Å². The quantitative estimate of drug-likeness (QED) is 0.320. The molecule has 0 saturated carbocycles. The van der Waals surface area contributed by atoms with Crippen LogP contribution in [0.3, 0.4) is 0 Å². The molecule has 0 aliphatic carbocycles. The fourth-order valence-electron chi connectivity index (χ4n) is 4.90. The van der Waals surface area contributed by atoms with Gasteiger partial charge >= 0.3 is 6.03 Å². The Hall–Kier alpha value is -4.72. The van der Waals surface area contributed by atoms with Gasteiger partial charge in [-0.15, -0.1) is 0 Å². The number of rotatable bonds is 5. The van der Waals surface area contributed by atoms with Crippen LogP contribution in [0.2, 0.25) is 0 Å². The summed E-state index contributed by atoms with van der Waals surface area (Å²) in [6, 6.07) is 17.3. The molecule has 3 N–H and O–H groups in total. The molecule has 2 aliphatic heterocycles. The molecular weight excluding hydrogens is 504 g/mol. The Balaban J connectivity index is 1.06. The number of benzene rings is 2. The van der Waals surface area contributed by atoms with Crippen molar-refractivity contribution in [2.45, 2.75) is 31.3 Å². The molecule has 2 saturated heterocycles. The number of anilines is 3. The number of carbonyl (C=O) groups is 1. The minimum Gasteiger partial charge on any atom is -0.321 e. The number of urea groups is 1. The Morgan fingerprint density at radius 3 is 2.55 bits per heavy atom. The number of amides is 2. The van der Waals surface area contributed by atoms with Gasteiger partial charge in [-0.2, -0.15) is 10.2 Å². The molecule has 4 heterocycles. The van der Waals surface area contributed by atoms with E-state index in [1.165, 1.54) is 5.06 Å². The molecular formula is C30H30N8O2. The van der Waals surface area contributed by atoms with Crippen LogP contribution in [-0.4, -0.2) is 50.5 Å². The first kappa shape index (κ1) is 25.6. The molecule has 0 bridgehead atoms. The maximum atomic E-state index is 13.0. The SMILES string of the molecule is O=C(Nc1cccc(C#Cc2cnc(Nc3cnn(C4CCNCC4)c3)nc2)c1)N1OCC[C@H]1c1ccccc1. The van der Waals surface area contributed by atoms with Gasteiger partial charge in [-0.05, 0) is 49.7 Å². The molecule has 4 aromatic rings. The smallest absolute Gasteiger partial charge is 0.321 e. The number of aromatic nitrogens is 4. The minimum absolute atomic E-state index is 0.118. The molecule has 40 heavy (non-hydrogen) atoms. The highest BCUT2D eigenvalue weighted by Gasteiger charge is 2.31. The summed E-state index contributed by atoms with van der Waals surface area (Å²) >= 11 is 0. The Kier molecular flexibility index (Phi) is 7.66. The van der Waals surface area contributed by atoms with Gasteiger partial charge < -0.3 is 16.0 Å². The van der Waals surface area contributed by atoms with Crippen molar-refractivity contribution in [3.8, 4) is 11.8 Å². The summed E-state index contributed by atoms with van der Waals surface area (Å²) in [7, 11) is 0. The van der Waals surface area contributed by atoms with Gasteiger partial charge in [0.2, 0.25) is 5.95 Å². The van der Waals surface area contributed by atoms with E-state index in [0.29, 0.717) is 29.8 Å². The van der Waals surface area contributed by atoms with Gasteiger partial charge in [-0.1, -0.05) is 48.2 Å². The minimum atomic E-state index is -0.311. The van der Waals surface area contributed by atoms with Crippen molar-refractivity contribution in [3.63, 3.8) is 0 Å². The maximum Gasteiger partial charge on any atom is 0.346 e. The monoisotopic (exact) mass is 534 g/mol. The Morgan fingerprint density at radius 2 is 1.73 bits per heavy atom. The number of nitrogens with one attached hydrogen (secondary N) is 3. The number of carbonyl (C=O) groups excluding carboxylic acids is 1. The van der Waals surface area contributed by atoms with Gasteiger partial charge in [0, 0.05) is 36.3 Å². The summed E-state index contributed by atoms with van der Waals surface area (Å²) in [5.41, 5.74) is 3.98.